The van der Waals surface area contributed by atoms with Gasteiger partial charge < -0.3 is 10.0 Å². The van der Waals surface area contributed by atoms with E-state index in [1.165, 1.54) is 20.9 Å². The Bertz CT molecular complexity index is 543. The number of nitrogens with zero attached hydrogens (tertiary/aromatic N) is 2. The monoisotopic (exact) mass is 290 g/mol. The second-order valence-electron chi connectivity index (χ2n) is 4.26. The van der Waals surface area contributed by atoms with Gasteiger partial charge in [-0.25, -0.2) is 9.78 Å². The van der Waals surface area contributed by atoms with Gasteiger partial charge in [0.25, 0.3) is 5.91 Å². The molecule has 20 heavy (non-hydrogen) atoms. The quantitative estimate of drug-likeness (QED) is 0.923. The zero-order valence-corrected chi connectivity index (χ0v) is 11.0. The highest BCUT2D eigenvalue weighted by atomic mass is 19.4. The molecule has 0 saturated heterocycles. The summed E-state index contributed by atoms with van der Waals surface area (Å²) in [4.78, 5) is 27.1. The third-order valence-electron chi connectivity index (χ3n) is 2.87. The van der Waals surface area contributed by atoms with E-state index in [0.717, 1.165) is 11.0 Å². The van der Waals surface area contributed by atoms with Crippen LogP contribution in [-0.4, -0.2) is 40.0 Å². The van der Waals surface area contributed by atoms with Crippen LogP contribution in [0.25, 0.3) is 0 Å². The zero-order valence-electron chi connectivity index (χ0n) is 11.0. The van der Waals surface area contributed by atoms with Crippen LogP contribution >= 0.6 is 0 Å². The van der Waals surface area contributed by atoms with E-state index in [-0.39, 0.29) is 11.3 Å². The summed E-state index contributed by atoms with van der Waals surface area (Å²) in [6, 6.07) is 0.599. The molecule has 0 spiro atoms. The van der Waals surface area contributed by atoms with E-state index in [2.05, 4.69) is 4.98 Å². The van der Waals surface area contributed by atoms with Crippen molar-refractivity contribution < 1.29 is 27.9 Å². The van der Waals surface area contributed by atoms with Crippen molar-refractivity contribution in [1.29, 1.82) is 0 Å². The second-order valence-corrected chi connectivity index (χ2v) is 4.26. The molecule has 1 heterocycles. The first-order chi connectivity index (χ1) is 9.05. The number of hydrogen-bond donors (Lipinski definition) is 1. The van der Waals surface area contributed by atoms with Crippen molar-refractivity contribution in [2.75, 3.05) is 7.05 Å². The molecule has 1 amide bonds. The van der Waals surface area contributed by atoms with Crippen LogP contribution in [0.1, 0.15) is 28.7 Å². The Balaban J connectivity index is 3.10. The summed E-state index contributed by atoms with van der Waals surface area (Å²) in [5.41, 5.74) is -1.26. The Morgan fingerprint density at radius 3 is 2.30 bits per heavy atom. The molecule has 0 aliphatic heterocycles. The molecule has 1 atom stereocenters. The van der Waals surface area contributed by atoms with Crippen molar-refractivity contribution in [1.82, 2.24) is 9.88 Å². The smallest absolute Gasteiger partial charge is 0.433 e. The molecule has 1 aromatic heterocycles. The molecule has 0 aromatic carbocycles. The minimum absolute atomic E-state index is 0.0615. The Morgan fingerprint density at radius 1 is 1.35 bits per heavy atom. The predicted octanol–water partition coefficient (Wildman–Crippen LogP) is 1.95. The van der Waals surface area contributed by atoms with Gasteiger partial charge in [-0.1, -0.05) is 0 Å². The fraction of sp³-hybridized carbons (Fsp3) is 0.417. The van der Waals surface area contributed by atoms with Crippen LogP contribution in [0.2, 0.25) is 0 Å². The molecule has 1 aromatic rings. The van der Waals surface area contributed by atoms with Crippen molar-refractivity contribution in [2.24, 2.45) is 0 Å². The van der Waals surface area contributed by atoms with Gasteiger partial charge in [0.2, 0.25) is 0 Å². The largest absolute Gasteiger partial charge is 0.480 e. The Kier molecular flexibility index (Phi) is 4.36. The number of amides is 1. The highest BCUT2D eigenvalue weighted by Gasteiger charge is 2.33. The fourth-order valence-electron chi connectivity index (χ4n) is 1.48. The van der Waals surface area contributed by atoms with E-state index >= 15 is 0 Å². The first-order valence-corrected chi connectivity index (χ1v) is 5.60. The van der Waals surface area contributed by atoms with Crippen LogP contribution in [0.15, 0.2) is 12.1 Å². The first-order valence-electron chi connectivity index (χ1n) is 5.60. The van der Waals surface area contributed by atoms with Gasteiger partial charge in [-0.3, -0.25) is 4.79 Å². The lowest BCUT2D eigenvalue weighted by Crippen LogP contribution is -2.40. The summed E-state index contributed by atoms with van der Waals surface area (Å²) in [7, 11) is 1.26. The number of aliphatic carboxylic acids is 1. The fourth-order valence-corrected chi connectivity index (χ4v) is 1.48. The van der Waals surface area contributed by atoms with Gasteiger partial charge in [0, 0.05) is 7.05 Å². The molecule has 0 bridgehead atoms. The summed E-state index contributed by atoms with van der Waals surface area (Å²) >= 11 is 0. The van der Waals surface area contributed by atoms with Crippen LogP contribution in [0.4, 0.5) is 13.2 Å². The number of rotatable bonds is 3. The molecular formula is C12H13F3N2O3. The van der Waals surface area contributed by atoms with E-state index in [1.54, 1.807) is 0 Å². The number of aromatic nitrogens is 1. The minimum Gasteiger partial charge on any atom is -0.480 e. The number of carbonyl (C=O) groups excluding carboxylic acids is 1. The number of likely N-dealkylation sites (N-methyl/N-ethyl adjacent to an activating group) is 1. The number of carboxylic acid groups (broad SMARTS) is 1. The molecule has 5 nitrogen and oxygen atoms in total. The van der Waals surface area contributed by atoms with Crippen LogP contribution in [0.3, 0.4) is 0 Å². The van der Waals surface area contributed by atoms with Gasteiger partial charge in [-0.05, 0) is 26.0 Å². The molecule has 8 heteroatoms. The lowest BCUT2D eigenvalue weighted by atomic mass is 10.1. The zero-order chi connectivity index (χ0) is 15.7. The maximum atomic E-state index is 12.5. The van der Waals surface area contributed by atoms with Gasteiger partial charge in [-0.15, -0.1) is 0 Å². The lowest BCUT2D eigenvalue weighted by molar-refractivity contribution is -0.141. The topological polar surface area (TPSA) is 70.5 Å². The number of halogens is 3. The average molecular weight is 290 g/mol. The molecule has 0 saturated carbocycles. The Morgan fingerprint density at radius 2 is 1.90 bits per heavy atom. The van der Waals surface area contributed by atoms with Crippen molar-refractivity contribution in [3.8, 4) is 0 Å². The molecule has 1 N–H and O–H groups in total. The molecule has 1 rings (SSSR count). The summed E-state index contributed by atoms with van der Waals surface area (Å²) in [5.74, 6) is -1.91. The highest BCUT2D eigenvalue weighted by molar-refractivity contribution is 5.97. The SMILES string of the molecule is Cc1nc(C(F)(F)F)ccc1C(=O)N(C)C(C)C(=O)O. The van der Waals surface area contributed by atoms with Crippen molar-refractivity contribution >= 4 is 11.9 Å². The van der Waals surface area contributed by atoms with Crippen molar-refractivity contribution in [3.63, 3.8) is 0 Å². The molecule has 110 valence electrons. The summed E-state index contributed by atoms with van der Waals surface area (Å²) < 4.78 is 37.4. The van der Waals surface area contributed by atoms with Crippen molar-refractivity contribution in [3.05, 3.63) is 29.1 Å². The van der Waals surface area contributed by atoms with E-state index in [9.17, 15) is 22.8 Å². The van der Waals surface area contributed by atoms with E-state index in [0.29, 0.717) is 6.07 Å². The minimum atomic E-state index is -4.59. The van der Waals surface area contributed by atoms with Gasteiger partial charge in [0.15, 0.2) is 0 Å². The van der Waals surface area contributed by atoms with Crippen LogP contribution in [0, 0.1) is 6.92 Å². The van der Waals surface area contributed by atoms with E-state index in [4.69, 9.17) is 5.11 Å². The number of hydrogen-bond acceptors (Lipinski definition) is 3. The third-order valence-corrected chi connectivity index (χ3v) is 2.87. The van der Waals surface area contributed by atoms with Gasteiger partial charge in [0.1, 0.15) is 11.7 Å². The summed E-state index contributed by atoms with van der Waals surface area (Å²) in [6.45, 7) is 2.56. The number of carboxylic acids is 1. The first kappa shape index (κ1) is 15.9. The number of aryl methyl sites for hydroxylation is 1. The highest BCUT2D eigenvalue weighted by Crippen LogP contribution is 2.28. The third kappa shape index (κ3) is 3.25. The molecule has 0 fully saturated rings. The van der Waals surface area contributed by atoms with Crippen LogP contribution in [0.5, 0.6) is 0 Å². The molecule has 0 aliphatic rings. The van der Waals surface area contributed by atoms with Crippen LogP contribution in [-0.2, 0) is 11.0 Å². The summed E-state index contributed by atoms with van der Waals surface area (Å²) in [6.07, 6.45) is -4.59. The number of carbonyl (C=O) groups is 2. The number of pyridine rings is 1. The standard InChI is InChI=1S/C12H13F3N2O3/c1-6-8(4-5-9(16-6)12(13,14)15)10(18)17(3)7(2)11(19)20/h4-5,7H,1-3H3,(H,19,20). The average Bonchev–Trinajstić information content (AvgIpc) is 2.34. The molecular weight excluding hydrogens is 277 g/mol. The Labute approximate surface area is 113 Å². The van der Waals surface area contributed by atoms with Gasteiger partial charge in [0.05, 0.1) is 11.3 Å². The maximum absolute atomic E-state index is 12.5. The Hall–Kier alpha value is -2.12. The lowest BCUT2D eigenvalue weighted by Gasteiger charge is -2.22. The van der Waals surface area contributed by atoms with Gasteiger partial charge >= 0.3 is 12.1 Å². The number of alkyl halides is 3. The molecule has 0 radical (unpaired) electrons. The normalized spacial score (nSPS) is 12.9. The van der Waals surface area contributed by atoms with E-state index in [1.807, 2.05) is 0 Å². The molecule has 0 aliphatic carbocycles. The summed E-state index contributed by atoms with van der Waals surface area (Å²) in [5, 5.41) is 8.81. The van der Waals surface area contributed by atoms with E-state index < -0.39 is 29.8 Å². The van der Waals surface area contributed by atoms with Gasteiger partial charge in [-0.2, -0.15) is 13.2 Å². The van der Waals surface area contributed by atoms with Crippen molar-refractivity contribution in [2.45, 2.75) is 26.1 Å². The second kappa shape index (κ2) is 5.48. The van der Waals surface area contributed by atoms with Crippen LogP contribution < -0.4 is 0 Å². The molecule has 1 unspecified atom stereocenters. The predicted molar refractivity (Wildman–Crippen MR) is 63.2 cm³/mol. The maximum Gasteiger partial charge on any atom is 0.433 e.